The average molecular weight is 142 g/mol. The lowest BCUT2D eigenvalue weighted by Gasteiger charge is -1.69. The van der Waals surface area contributed by atoms with Crippen molar-refractivity contribution in [1.82, 2.24) is 0 Å². The molecule has 0 radical (unpaired) electrons. The molecular weight excluding hydrogens is 134 g/mol. The molecule has 1 aromatic rings. The molecule has 0 fully saturated rings. The molecule has 0 atom stereocenters. The van der Waals surface area contributed by atoms with Gasteiger partial charge in [-0.3, -0.25) is 0 Å². The molecule has 1 aromatic carbocycles. The van der Waals surface area contributed by atoms with Gasteiger partial charge in [0.25, 0.3) is 0 Å². The van der Waals surface area contributed by atoms with Crippen LogP contribution >= 0.6 is 12.4 Å². The monoisotopic (exact) mass is 141 g/mol. The Labute approximate surface area is 61.3 Å². The van der Waals surface area contributed by atoms with E-state index in [0.717, 1.165) is 0 Å². The quantitative estimate of drug-likeness (QED) is 0.544. The van der Waals surface area contributed by atoms with Crippen LogP contribution in [0, 0.1) is 11.8 Å². The van der Waals surface area contributed by atoms with Crippen LogP contribution in [-0.4, -0.2) is 0 Å². The Morgan fingerprint density at radius 1 is 0.667 bits per heavy atom. The maximum absolute atomic E-state index is 6.50. The Bertz CT molecular complexity index is 109. The van der Waals surface area contributed by atoms with Gasteiger partial charge in [0.1, 0.15) is 0 Å². The molecule has 0 aromatic heterocycles. The number of hydrogen-bond donors (Lipinski definition) is 0. The van der Waals surface area contributed by atoms with Crippen LogP contribution in [0.1, 0.15) is 0 Å². The third-order valence-electron chi connectivity index (χ3n) is 0.667. The van der Waals surface area contributed by atoms with E-state index in [0.29, 0.717) is 0 Å². The third kappa shape index (κ3) is 7.00. The molecule has 9 heavy (non-hydrogen) atoms. The molecule has 2 heteroatoms. The maximum atomic E-state index is 6.50. The molecule has 1 nitrogen and oxygen atoms in total. The first-order valence-electron chi connectivity index (χ1n) is 2.26. The van der Waals surface area contributed by atoms with Gasteiger partial charge in [-0.05, 0) is 0 Å². The highest BCUT2D eigenvalue weighted by molar-refractivity contribution is 5.85. The molecule has 0 saturated carbocycles. The highest BCUT2D eigenvalue weighted by atomic mass is 35.5. The van der Waals surface area contributed by atoms with Crippen LogP contribution in [0.15, 0.2) is 36.4 Å². The van der Waals surface area contributed by atoms with Crippen molar-refractivity contribution >= 4 is 12.4 Å². The number of nitriles is 1. The van der Waals surface area contributed by atoms with Crippen molar-refractivity contribution in [2.75, 3.05) is 0 Å². The molecule has 0 bridgehead atoms. The number of nitrogens with zero attached hydrogens (tertiary/aromatic N) is 1. The van der Waals surface area contributed by atoms with Gasteiger partial charge in [-0.2, -0.15) is 0 Å². The van der Waals surface area contributed by atoms with Crippen LogP contribution < -0.4 is 0 Å². The van der Waals surface area contributed by atoms with Gasteiger partial charge in [-0.1, -0.05) is 36.4 Å². The largest absolute Gasteiger partial charge is 0.202 e. The topological polar surface area (TPSA) is 23.8 Å². The van der Waals surface area contributed by atoms with Crippen molar-refractivity contribution in [2.24, 2.45) is 0 Å². The minimum absolute atomic E-state index is 0. The van der Waals surface area contributed by atoms with E-state index < -0.39 is 0 Å². The lowest BCUT2D eigenvalue weighted by Crippen LogP contribution is -1.47. The Hall–Kier alpha value is -1.00. The standard InChI is InChI=1S/C6H6.CHN.ClH/c1-2-4-6-5-3-1;1-2;/h1-6H;1H;1H. The van der Waals surface area contributed by atoms with Crippen LogP contribution in [0.25, 0.3) is 0 Å². The Balaban J connectivity index is 0. The van der Waals surface area contributed by atoms with E-state index >= 15 is 0 Å². The SMILES string of the molecule is C#N.Cl.c1ccccc1. The number of hydrogen-bond acceptors (Lipinski definition) is 1. The number of benzene rings is 1. The summed E-state index contributed by atoms with van der Waals surface area (Å²) in [5, 5.41) is 6.50. The normalized spacial score (nSPS) is 5.56. The van der Waals surface area contributed by atoms with Crippen LogP contribution in [0.4, 0.5) is 0 Å². The highest BCUT2D eigenvalue weighted by Gasteiger charge is 1.57. The molecular formula is C7H8ClN. The van der Waals surface area contributed by atoms with Gasteiger partial charge in [0.15, 0.2) is 0 Å². The molecule has 0 aliphatic carbocycles. The molecule has 0 amide bonds. The van der Waals surface area contributed by atoms with Crippen LogP contribution in [0.2, 0.25) is 0 Å². The zero-order chi connectivity index (χ0) is 6.24. The van der Waals surface area contributed by atoms with Gasteiger partial charge in [0.05, 0.1) is 0 Å². The van der Waals surface area contributed by atoms with Crippen molar-refractivity contribution in [3.05, 3.63) is 36.4 Å². The lowest BCUT2D eigenvalue weighted by atomic mass is 10.4. The van der Waals surface area contributed by atoms with Crippen LogP contribution in [0.3, 0.4) is 0 Å². The van der Waals surface area contributed by atoms with Crippen molar-refractivity contribution in [3.8, 4) is 6.57 Å². The van der Waals surface area contributed by atoms with E-state index in [1.54, 1.807) is 0 Å². The first-order chi connectivity index (χ1) is 4.00. The third-order valence-corrected chi connectivity index (χ3v) is 0.667. The Morgan fingerprint density at radius 2 is 0.778 bits per heavy atom. The van der Waals surface area contributed by atoms with E-state index in [2.05, 4.69) is 6.57 Å². The number of halogens is 1. The first kappa shape index (κ1) is 10.9. The Morgan fingerprint density at radius 3 is 0.889 bits per heavy atom. The summed E-state index contributed by atoms with van der Waals surface area (Å²) in [7, 11) is 0. The number of rotatable bonds is 0. The molecule has 48 valence electrons. The summed E-state index contributed by atoms with van der Waals surface area (Å²) in [4.78, 5) is 0. The molecule has 1 rings (SSSR count). The molecule has 0 N–H and O–H groups in total. The van der Waals surface area contributed by atoms with Crippen LogP contribution in [0.5, 0.6) is 0 Å². The predicted octanol–water partition coefficient (Wildman–Crippen LogP) is 2.25. The van der Waals surface area contributed by atoms with Crippen LogP contribution in [-0.2, 0) is 0 Å². The molecule has 0 aliphatic heterocycles. The molecule has 0 aliphatic rings. The van der Waals surface area contributed by atoms with Crippen molar-refractivity contribution in [2.45, 2.75) is 0 Å². The predicted molar refractivity (Wildman–Crippen MR) is 40.4 cm³/mol. The fraction of sp³-hybridized carbons (Fsp3) is 0. The van der Waals surface area contributed by atoms with Gasteiger partial charge in [-0.15, -0.1) is 12.4 Å². The minimum atomic E-state index is 0. The van der Waals surface area contributed by atoms with E-state index in [1.165, 1.54) is 0 Å². The summed E-state index contributed by atoms with van der Waals surface area (Å²) < 4.78 is 0. The average Bonchev–Trinajstić information content (AvgIpc) is 1.96. The van der Waals surface area contributed by atoms with Crippen molar-refractivity contribution in [3.63, 3.8) is 0 Å². The zero-order valence-electron chi connectivity index (χ0n) is 4.90. The minimum Gasteiger partial charge on any atom is -0.202 e. The summed E-state index contributed by atoms with van der Waals surface area (Å²) in [5.74, 6) is 0. The summed E-state index contributed by atoms with van der Waals surface area (Å²) in [6.45, 7) is 3.50. The summed E-state index contributed by atoms with van der Waals surface area (Å²) in [6.07, 6.45) is 0. The first-order valence-corrected chi connectivity index (χ1v) is 2.26. The summed E-state index contributed by atoms with van der Waals surface area (Å²) in [5.41, 5.74) is 0. The van der Waals surface area contributed by atoms with Gasteiger partial charge in [0.2, 0.25) is 0 Å². The second-order valence-electron chi connectivity index (χ2n) is 1.15. The molecule has 0 unspecified atom stereocenters. The van der Waals surface area contributed by atoms with Gasteiger partial charge < -0.3 is 0 Å². The van der Waals surface area contributed by atoms with Crippen molar-refractivity contribution in [1.29, 1.82) is 5.26 Å². The van der Waals surface area contributed by atoms with E-state index in [1.807, 2.05) is 36.4 Å². The molecule has 0 spiro atoms. The fourth-order valence-corrected chi connectivity index (χ4v) is 0.385. The van der Waals surface area contributed by atoms with Crippen molar-refractivity contribution < 1.29 is 0 Å². The highest BCUT2D eigenvalue weighted by Crippen LogP contribution is 1.79. The second-order valence-corrected chi connectivity index (χ2v) is 1.15. The fourth-order valence-electron chi connectivity index (χ4n) is 0.385. The van der Waals surface area contributed by atoms with Gasteiger partial charge in [0, 0.05) is 6.57 Å². The lowest BCUT2D eigenvalue weighted by molar-refractivity contribution is 1.58. The van der Waals surface area contributed by atoms with E-state index in [9.17, 15) is 0 Å². The van der Waals surface area contributed by atoms with E-state index in [-0.39, 0.29) is 12.4 Å². The van der Waals surface area contributed by atoms with E-state index in [4.69, 9.17) is 5.26 Å². The summed E-state index contributed by atoms with van der Waals surface area (Å²) >= 11 is 0. The Kier molecular flexibility index (Phi) is 12.2. The molecule has 0 saturated heterocycles. The maximum Gasteiger partial charge on any atom is 0.0462 e. The molecule has 0 heterocycles. The zero-order valence-corrected chi connectivity index (χ0v) is 5.71. The summed E-state index contributed by atoms with van der Waals surface area (Å²) in [6, 6.07) is 12.0. The van der Waals surface area contributed by atoms with Gasteiger partial charge >= 0.3 is 0 Å². The smallest absolute Gasteiger partial charge is 0.0462 e. The van der Waals surface area contributed by atoms with Gasteiger partial charge in [-0.25, -0.2) is 5.26 Å². The second kappa shape index (κ2) is 10.1.